The second-order valence-corrected chi connectivity index (χ2v) is 14.6. The molecule has 6 heterocycles. The molecule has 278 valence electrons. The first-order valence-corrected chi connectivity index (χ1v) is 18.3. The average molecular weight is 724 g/mol. The summed E-state index contributed by atoms with van der Waals surface area (Å²) in [5.41, 5.74) is 1.86. The number of benzene rings is 3. The highest BCUT2D eigenvalue weighted by atomic mass is 19.1. The maximum absolute atomic E-state index is 16.5. The normalized spacial score (nSPS) is 19.1. The molecule has 2 amide bonds. The molecule has 2 N–H and O–H groups in total. The van der Waals surface area contributed by atoms with E-state index < -0.39 is 17.2 Å². The minimum Gasteiger partial charge on any atom is -0.456 e. The summed E-state index contributed by atoms with van der Waals surface area (Å²) in [7, 11) is 2.08. The summed E-state index contributed by atoms with van der Waals surface area (Å²) in [6, 6.07) is 12.5. The van der Waals surface area contributed by atoms with E-state index in [4.69, 9.17) is 9.15 Å². The quantitative estimate of drug-likeness (QED) is 0.234. The predicted molar refractivity (Wildman–Crippen MR) is 204 cm³/mol. The molecule has 1 atom stereocenters. The second kappa shape index (κ2) is 14.1. The SMILES string of the molecule is C.CN1CCN(CC(=O)N[C@@H]2CCN(c3c(F)cc4c(=O)c(C(=O)NCCN5CCCC5)cn5c4c3Oc3cc4c(cc3-5)oc3ccccc34)C2)CC1. The van der Waals surface area contributed by atoms with Crippen LogP contribution in [0, 0.1) is 5.82 Å². The van der Waals surface area contributed by atoms with Crippen molar-refractivity contribution in [2.24, 2.45) is 0 Å². The molecule has 9 rings (SSSR count). The maximum Gasteiger partial charge on any atom is 0.256 e. The predicted octanol–water partition coefficient (Wildman–Crippen LogP) is 4.54. The molecule has 0 aliphatic carbocycles. The molecule has 5 aromatic rings. The number of likely N-dealkylation sites (tertiary alicyclic amines) is 1. The van der Waals surface area contributed by atoms with Crippen LogP contribution in [0.25, 0.3) is 38.5 Å². The van der Waals surface area contributed by atoms with Crippen LogP contribution in [0.15, 0.2) is 57.9 Å². The number of carbonyl (C=O) groups excluding carboxylic acids is 2. The molecule has 0 bridgehead atoms. The lowest BCUT2D eigenvalue weighted by Crippen LogP contribution is -2.49. The van der Waals surface area contributed by atoms with Gasteiger partial charge in [0.15, 0.2) is 17.3 Å². The Morgan fingerprint density at radius 3 is 2.53 bits per heavy atom. The molecule has 3 saturated heterocycles. The van der Waals surface area contributed by atoms with Gasteiger partial charge < -0.3 is 39.1 Å². The van der Waals surface area contributed by atoms with Gasteiger partial charge in [0.05, 0.1) is 17.6 Å². The number of carbonyl (C=O) groups is 2. The van der Waals surface area contributed by atoms with Gasteiger partial charge >= 0.3 is 0 Å². The molecule has 0 saturated carbocycles. The number of rotatable bonds is 8. The fourth-order valence-corrected chi connectivity index (χ4v) is 8.27. The molecule has 53 heavy (non-hydrogen) atoms. The fraction of sp³-hybridized carbons (Fsp3) is 0.425. The molecule has 0 unspecified atom stereocenters. The number of para-hydroxylation sites is 1. The Morgan fingerprint density at radius 2 is 1.72 bits per heavy atom. The van der Waals surface area contributed by atoms with E-state index in [2.05, 4.69) is 32.4 Å². The van der Waals surface area contributed by atoms with Crippen molar-refractivity contribution in [1.82, 2.24) is 29.9 Å². The Kier molecular flexibility index (Phi) is 9.33. The third-order valence-corrected chi connectivity index (χ3v) is 11.1. The van der Waals surface area contributed by atoms with E-state index in [1.54, 1.807) is 10.8 Å². The number of halogens is 1. The number of nitrogens with one attached hydrogen (secondary N) is 2. The molecular formula is C40H46FN7O5. The molecule has 3 aromatic carbocycles. The lowest BCUT2D eigenvalue weighted by atomic mass is 10.0. The molecule has 2 aromatic heterocycles. The van der Waals surface area contributed by atoms with Crippen molar-refractivity contribution in [2.75, 3.05) is 83.9 Å². The minimum absolute atomic E-state index is 0. The smallest absolute Gasteiger partial charge is 0.256 e. The summed E-state index contributed by atoms with van der Waals surface area (Å²) in [5, 5.41) is 7.87. The lowest BCUT2D eigenvalue weighted by Gasteiger charge is -2.32. The number of ether oxygens (including phenoxy) is 1. The summed E-state index contributed by atoms with van der Waals surface area (Å²) in [6.07, 6.45) is 4.46. The van der Waals surface area contributed by atoms with E-state index in [9.17, 15) is 14.4 Å². The van der Waals surface area contributed by atoms with E-state index in [-0.39, 0.29) is 41.8 Å². The maximum atomic E-state index is 16.5. The second-order valence-electron chi connectivity index (χ2n) is 14.6. The van der Waals surface area contributed by atoms with Gasteiger partial charge in [-0.1, -0.05) is 25.6 Å². The van der Waals surface area contributed by atoms with E-state index >= 15 is 4.39 Å². The number of hydrogen-bond acceptors (Lipinski definition) is 9. The number of aromatic nitrogens is 1. The van der Waals surface area contributed by atoms with Crippen molar-refractivity contribution < 1.29 is 23.1 Å². The largest absolute Gasteiger partial charge is 0.456 e. The minimum atomic E-state index is -0.625. The molecule has 0 spiro atoms. The zero-order valence-electron chi connectivity index (χ0n) is 29.3. The summed E-state index contributed by atoms with van der Waals surface area (Å²) in [4.78, 5) is 49.2. The molecule has 4 aliphatic rings. The van der Waals surface area contributed by atoms with Crippen LogP contribution in [0.2, 0.25) is 0 Å². The third kappa shape index (κ3) is 6.40. The molecule has 13 heteroatoms. The first-order chi connectivity index (χ1) is 25.3. The first-order valence-electron chi connectivity index (χ1n) is 18.3. The van der Waals surface area contributed by atoms with Crippen LogP contribution >= 0.6 is 0 Å². The van der Waals surface area contributed by atoms with Gasteiger partial charge in [0.25, 0.3) is 5.91 Å². The number of likely N-dealkylation sites (N-methyl/N-ethyl adjacent to an activating group) is 1. The van der Waals surface area contributed by atoms with Crippen LogP contribution < -0.4 is 25.7 Å². The Hall–Kier alpha value is -4.98. The highest BCUT2D eigenvalue weighted by Crippen LogP contribution is 2.49. The Labute approximate surface area is 307 Å². The van der Waals surface area contributed by atoms with Gasteiger partial charge in [-0.2, -0.15) is 0 Å². The Morgan fingerprint density at radius 1 is 0.925 bits per heavy atom. The first kappa shape index (κ1) is 35.1. The molecular weight excluding hydrogens is 677 g/mol. The van der Waals surface area contributed by atoms with E-state index in [0.717, 1.165) is 62.9 Å². The van der Waals surface area contributed by atoms with Crippen LogP contribution in [0.4, 0.5) is 10.1 Å². The van der Waals surface area contributed by atoms with E-state index in [1.165, 1.54) is 6.07 Å². The number of fused-ring (bicyclic) bond motifs is 5. The topological polar surface area (TPSA) is 116 Å². The number of furan rings is 1. The number of nitrogens with zero attached hydrogens (tertiary/aromatic N) is 5. The van der Waals surface area contributed by atoms with Gasteiger partial charge in [0.2, 0.25) is 11.3 Å². The van der Waals surface area contributed by atoms with Crippen molar-refractivity contribution in [1.29, 1.82) is 0 Å². The number of piperazine rings is 1. The zero-order chi connectivity index (χ0) is 35.5. The summed E-state index contributed by atoms with van der Waals surface area (Å²) in [5.74, 6) is -0.524. The number of pyridine rings is 1. The number of anilines is 1. The van der Waals surface area contributed by atoms with E-state index in [0.29, 0.717) is 67.3 Å². The molecule has 0 radical (unpaired) electrons. The number of amides is 2. The summed E-state index contributed by atoms with van der Waals surface area (Å²) < 4.78 is 31.1. The van der Waals surface area contributed by atoms with Crippen molar-refractivity contribution in [3.63, 3.8) is 0 Å². The van der Waals surface area contributed by atoms with Crippen LogP contribution in [0.1, 0.15) is 37.0 Å². The van der Waals surface area contributed by atoms with Gasteiger partial charge in [-0.25, -0.2) is 4.39 Å². The summed E-state index contributed by atoms with van der Waals surface area (Å²) in [6.45, 7) is 7.83. The van der Waals surface area contributed by atoms with Crippen molar-refractivity contribution >= 4 is 50.3 Å². The fourth-order valence-electron chi connectivity index (χ4n) is 8.27. The van der Waals surface area contributed by atoms with Crippen LogP contribution in [-0.4, -0.2) is 116 Å². The molecule has 12 nitrogen and oxygen atoms in total. The van der Waals surface area contributed by atoms with Gasteiger partial charge in [-0.3, -0.25) is 19.3 Å². The highest BCUT2D eigenvalue weighted by Gasteiger charge is 2.34. The Balaban J connectivity index is 0.00000400. The van der Waals surface area contributed by atoms with Crippen LogP contribution in [0.5, 0.6) is 11.5 Å². The Bertz CT molecular complexity index is 2290. The van der Waals surface area contributed by atoms with Gasteiger partial charge in [0.1, 0.15) is 27.9 Å². The van der Waals surface area contributed by atoms with Crippen LogP contribution in [0.3, 0.4) is 0 Å². The van der Waals surface area contributed by atoms with Gasteiger partial charge in [0, 0.05) is 81.4 Å². The summed E-state index contributed by atoms with van der Waals surface area (Å²) >= 11 is 0. The van der Waals surface area contributed by atoms with Gasteiger partial charge in [-0.15, -0.1) is 0 Å². The molecule has 4 aliphatic heterocycles. The van der Waals surface area contributed by atoms with Crippen molar-refractivity contribution in [2.45, 2.75) is 32.7 Å². The van der Waals surface area contributed by atoms with Crippen molar-refractivity contribution in [3.8, 4) is 17.2 Å². The number of hydrogen-bond donors (Lipinski definition) is 2. The standard InChI is InChI=1S/C39H42FN7O5.CH4/c1-43-14-16-45(17-15-43)23-34(48)42-24-8-12-46(21-24)36-29(40)18-27-35-38(36)52-33-19-26-25-6-2-3-7-31(25)51-32(26)20-30(33)47(35)22-28(37(27)49)39(50)41-9-13-44-10-4-5-11-44;/h2-3,6-7,18-20,22,24H,4-5,8-17,21,23H2,1H3,(H,41,50)(H,42,48);1H4/t24-;/m1./s1. The lowest BCUT2D eigenvalue weighted by molar-refractivity contribution is -0.123. The van der Waals surface area contributed by atoms with Crippen molar-refractivity contribution in [3.05, 3.63) is 70.3 Å². The van der Waals surface area contributed by atoms with Gasteiger partial charge in [-0.05, 0) is 57.6 Å². The third-order valence-electron chi connectivity index (χ3n) is 11.1. The monoisotopic (exact) mass is 723 g/mol. The molecule has 3 fully saturated rings. The highest BCUT2D eigenvalue weighted by molar-refractivity contribution is 6.07. The average Bonchev–Trinajstić information content (AvgIpc) is 3.90. The van der Waals surface area contributed by atoms with Crippen LogP contribution in [-0.2, 0) is 4.79 Å². The zero-order valence-corrected chi connectivity index (χ0v) is 29.3. The van der Waals surface area contributed by atoms with E-state index in [1.807, 2.05) is 41.3 Å².